The van der Waals surface area contributed by atoms with E-state index in [1.54, 1.807) is 20.1 Å². The molecule has 0 aliphatic rings. The van der Waals surface area contributed by atoms with Crippen molar-refractivity contribution < 1.29 is 9.13 Å². The number of hydrogen-bond acceptors (Lipinski definition) is 5. The van der Waals surface area contributed by atoms with Gasteiger partial charge in [0.05, 0.1) is 18.6 Å². The van der Waals surface area contributed by atoms with Crippen LogP contribution in [0.25, 0.3) is 11.4 Å². The normalized spacial score (nSPS) is 11.2. The summed E-state index contributed by atoms with van der Waals surface area (Å²) in [6.07, 6.45) is 5.90. The summed E-state index contributed by atoms with van der Waals surface area (Å²) in [5.41, 5.74) is 7.45. The van der Waals surface area contributed by atoms with E-state index in [-0.39, 0.29) is 12.2 Å². The first kappa shape index (κ1) is 25.5. The fourth-order valence-corrected chi connectivity index (χ4v) is 2.99. The molecule has 174 valence electrons. The maximum atomic E-state index is 13.1. The van der Waals surface area contributed by atoms with Crippen molar-refractivity contribution >= 4 is 5.69 Å². The van der Waals surface area contributed by atoms with Crippen molar-refractivity contribution in [2.45, 2.75) is 33.6 Å². The summed E-state index contributed by atoms with van der Waals surface area (Å²) in [6.45, 7) is 9.59. The van der Waals surface area contributed by atoms with E-state index in [0.717, 1.165) is 34.0 Å². The SMILES string of the molecule is C=C(/C=C\C/C(F)=C\C)Cc1cc(-c2n[nH]c(C)n2)ccc1NN.COc1cccc(C)c1. The number of halogens is 1. The van der Waals surface area contributed by atoms with Gasteiger partial charge in [0.25, 0.3) is 0 Å². The van der Waals surface area contributed by atoms with E-state index in [1.807, 2.05) is 62.4 Å². The lowest BCUT2D eigenvalue weighted by Gasteiger charge is -2.10. The maximum absolute atomic E-state index is 13.1. The van der Waals surface area contributed by atoms with Gasteiger partial charge in [0.1, 0.15) is 11.6 Å². The van der Waals surface area contributed by atoms with Crippen molar-refractivity contribution in [1.82, 2.24) is 15.2 Å². The molecule has 3 rings (SSSR count). The lowest BCUT2D eigenvalue weighted by atomic mass is 10.0. The summed E-state index contributed by atoms with van der Waals surface area (Å²) in [7, 11) is 1.68. The van der Waals surface area contributed by atoms with Crippen molar-refractivity contribution in [3.8, 4) is 17.1 Å². The van der Waals surface area contributed by atoms with Crippen molar-refractivity contribution in [2.75, 3.05) is 12.5 Å². The number of H-pyrrole nitrogens is 1. The number of aryl methyl sites for hydroxylation is 2. The molecule has 0 saturated heterocycles. The Hall–Kier alpha value is -3.71. The molecule has 2 aromatic carbocycles. The highest BCUT2D eigenvalue weighted by atomic mass is 19.1. The Morgan fingerprint density at radius 1 is 1.24 bits per heavy atom. The number of ether oxygens (including phenoxy) is 1. The summed E-state index contributed by atoms with van der Waals surface area (Å²) in [4.78, 5) is 4.33. The monoisotopic (exact) mass is 449 g/mol. The van der Waals surface area contributed by atoms with Gasteiger partial charge >= 0.3 is 0 Å². The van der Waals surface area contributed by atoms with Crippen molar-refractivity contribution in [2.24, 2.45) is 5.84 Å². The van der Waals surface area contributed by atoms with E-state index in [4.69, 9.17) is 10.6 Å². The van der Waals surface area contributed by atoms with E-state index in [1.165, 1.54) is 11.6 Å². The molecule has 0 spiro atoms. The highest BCUT2D eigenvalue weighted by molar-refractivity contribution is 5.64. The third-order valence-corrected chi connectivity index (χ3v) is 4.74. The minimum absolute atomic E-state index is 0.162. The second-order valence-corrected chi connectivity index (χ2v) is 7.46. The van der Waals surface area contributed by atoms with Gasteiger partial charge in [-0.3, -0.25) is 10.9 Å². The van der Waals surface area contributed by atoms with Crippen LogP contribution in [-0.4, -0.2) is 22.3 Å². The van der Waals surface area contributed by atoms with E-state index in [9.17, 15) is 4.39 Å². The predicted molar refractivity (Wildman–Crippen MR) is 134 cm³/mol. The summed E-state index contributed by atoms with van der Waals surface area (Å²) < 4.78 is 18.1. The molecule has 33 heavy (non-hydrogen) atoms. The number of hydrazine groups is 1. The first-order valence-electron chi connectivity index (χ1n) is 10.6. The number of aromatic amines is 1. The number of nitrogens with one attached hydrogen (secondary N) is 2. The van der Waals surface area contributed by atoms with Crippen LogP contribution in [0.3, 0.4) is 0 Å². The van der Waals surface area contributed by atoms with Gasteiger partial charge in [-0.2, -0.15) is 5.10 Å². The van der Waals surface area contributed by atoms with Crippen LogP contribution in [-0.2, 0) is 6.42 Å². The van der Waals surface area contributed by atoms with Gasteiger partial charge < -0.3 is 10.2 Å². The number of allylic oxidation sites excluding steroid dienone is 5. The summed E-state index contributed by atoms with van der Waals surface area (Å²) >= 11 is 0. The quantitative estimate of drug-likeness (QED) is 0.223. The Morgan fingerprint density at radius 2 is 2.03 bits per heavy atom. The van der Waals surface area contributed by atoms with Crippen LogP contribution in [0.2, 0.25) is 0 Å². The van der Waals surface area contributed by atoms with E-state index in [0.29, 0.717) is 12.2 Å². The standard InChI is InChI=1S/C18H22FN5.C8H10O/c1-4-16(19)7-5-6-12(2)10-15-11-14(8-9-17(15)22-20)18-21-13(3)23-24-18;1-7-4-3-5-8(6-7)9-2/h4-6,8-9,11,22H,2,7,10,20H2,1,3H3,(H,21,23,24);3-6H,1-2H3/b6-5-,16-4+;. The Balaban J connectivity index is 0.000000357. The number of rotatable bonds is 8. The van der Waals surface area contributed by atoms with Crippen molar-refractivity contribution in [3.63, 3.8) is 0 Å². The van der Waals surface area contributed by atoms with Gasteiger partial charge in [0.15, 0.2) is 5.82 Å². The minimum atomic E-state index is -0.162. The summed E-state index contributed by atoms with van der Waals surface area (Å²) in [6, 6.07) is 13.7. The zero-order valence-corrected chi connectivity index (χ0v) is 19.7. The van der Waals surface area contributed by atoms with Crippen LogP contribution in [0.15, 0.2) is 78.7 Å². The largest absolute Gasteiger partial charge is 0.497 e. The molecule has 0 unspecified atom stereocenters. The molecule has 0 amide bonds. The molecule has 0 atom stereocenters. The lowest BCUT2D eigenvalue weighted by molar-refractivity contribution is 0.414. The number of nitrogens with zero attached hydrogens (tertiary/aromatic N) is 2. The molecule has 6 nitrogen and oxygen atoms in total. The van der Waals surface area contributed by atoms with Gasteiger partial charge in [0, 0.05) is 12.0 Å². The maximum Gasteiger partial charge on any atom is 0.181 e. The fourth-order valence-electron chi connectivity index (χ4n) is 2.99. The third kappa shape index (κ3) is 8.38. The molecule has 0 fully saturated rings. The topological polar surface area (TPSA) is 88.9 Å². The summed E-state index contributed by atoms with van der Waals surface area (Å²) in [5.74, 6) is 7.74. The van der Waals surface area contributed by atoms with E-state index < -0.39 is 0 Å². The molecular formula is C26H32FN5O. The van der Waals surface area contributed by atoms with Crippen LogP contribution in [0.4, 0.5) is 10.1 Å². The average Bonchev–Trinajstić information content (AvgIpc) is 3.25. The molecule has 7 heteroatoms. The van der Waals surface area contributed by atoms with Gasteiger partial charge in [-0.25, -0.2) is 9.37 Å². The molecule has 1 heterocycles. The van der Waals surface area contributed by atoms with Gasteiger partial charge in [-0.05, 0) is 68.7 Å². The number of benzene rings is 2. The van der Waals surface area contributed by atoms with Crippen molar-refractivity contribution in [1.29, 1.82) is 0 Å². The summed E-state index contributed by atoms with van der Waals surface area (Å²) in [5, 5.41) is 7.00. The highest BCUT2D eigenvalue weighted by Crippen LogP contribution is 2.25. The second kappa shape index (κ2) is 13.0. The van der Waals surface area contributed by atoms with E-state index in [2.05, 4.69) is 27.2 Å². The average molecular weight is 450 g/mol. The second-order valence-electron chi connectivity index (χ2n) is 7.46. The van der Waals surface area contributed by atoms with Crippen LogP contribution >= 0.6 is 0 Å². The first-order valence-corrected chi connectivity index (χ1v) is 10.6. The van der Waals surface area contributed by atoms with Crippen LogP contribution in [0.1, 0.15) is 30.3 Å². The van der Waals surface area contributed by atoms with Crippen LogP contribution in [0.5, 0.6) is 5.75 Å². The first-order chi connectivity index (χ1) is 15.9. The number of hydrogen-bond donors (Lipinski definition) is 3. The molecule has 0 bridgehead atoms. The lowest BCUT2D eigenvalue weighted by Crippen LogP contribution is -2.09. The number of aromatic nitrogens is 3. The zero-order valence-electron chi connectivity index (χ0n) is 19.7. The third-order valence-electron chi connectivity index (χ3n) is 4.74. The molecule has 3 aromatic rings. The Kier molecular flexibility index (Phi) is 10.0. The number of anilines is 1. The van der Waals surface area contributed by atoms with Gasteiger partial charge in [-0.1, -0.05) is 42.5 Å². The number of nitrogen functional groups attached to an aromatic ring is 1. The highest BCUT2D eigenvalue weighted by Gasteiger charge is 2.09. The Bertz CT molecular complexity index is 1120. The number of nitrogens with two attached hydrogens (primary N) is 1. The van der Waals surface area contributed by atoms with Gasteiger partial charge in [-0.15, -0.1) is 0 Å². The molecule has 0 saturated carbocycles. The van der Waals surface area contributed by atoms with E-state index >= 15 is 0 Å². The van der Waals surface area contributed by atoms with Crippen LogP contribution < -0.4 is 16.0 Å². The molecule has 0 radical (unpaired) electrons. The Labute approximate surface area is 195 Å². The van der Waals surface area contributed by atoms with Gasteiger partial charge in [0.2, 0.25) is 0 Å². The molecule has 0 aliphatic heterocycles. The zero-order chi connectivity index (χ0) is 24.2. The Morgan fingerprint density at radius 3 is 2.61 bits per heavy atom. The molecule has 4 N–H and O–H groups in total. The molecular weight excluding hydrogens is 417 g/mol. The predicted octanol–water partition coefficient (Wildman–Crippen LogP) is 5.99. The number of methoxy groups -OCH3 is 1. The fraction of sp³-hybridized carbons (Fsp3) is 0.231. The minimum Gasteiger partial charge on any atom is -0.497 e. The molecule has 0 aliphatic carbocycles. The smallest absolute Gasteiger partial charge is 0.181 e. The molecule has 1 aromatic heterocycles. The van der Waals surface area contributed by atoms with Crippen LogP contribution in [0, 0.1) is 13.8 Å². The van der Waals surface area contributed by atoms with Crippen molar-refractivity contribution in [3.05, 3.63) is 95.6 Å².